The Morgan fingerprint density at radius 2 is 2.00 bits per heavy atom. The summed E-state index contributed by atoms with van der Waals surface area (Å²) < 4.78 is 0. The molecule has 3 rings (SSSR count). The van der Waals surface area contributed by atoms with E-state index in [9.17, 15) is 0 Å². The van der Waals surface area contributed by atoms with Gasteiger partial charge in [0, 0.05) is 11.6 Å². The molecule has 0 radical (unpaired) electrons. The van der Waals surface area contributed by atoms with Gasteiger partial charge in [-0.15, -0.1) is 0 Å². The number of nitrogens with one attached hydrogen (secondary N) is 2. The van der Waals surface area contributed by atoms with Gasteiger partial charge in [0.1, 0.15) is 0 Å². The van der Waals surface area contributed by atoms with Gasteiger partial charge in [0.15, 0.2) is 0 Å². The van der Waals surface area contributed by atoms with Gasteiger partial charge in [0.05, 0.1) is 11.2 Å². The standard InChI is InChI=1S/C13H17N3/c14-12-8-11(9-1-4-15-5-2-9)7-10-3-6-16-13(10)12/h3,6-9,15-16H,1-2,4-5,14H2. The van der Waals surface area contributed by atoms with Crippen molar-refractivity contribution in [3.8, 4) is 0 Å². The average Bonchev–Trinajstić information content (AvgIpc) is 2.79. The molecule has 1 fully saturated rings. The summed E-state index contributed by atoms with van der Waals surface area (Å²) in [4.78, 5) is 3.18. The molecule has 1 aliphatic heterocycles. The number of anilines is 1. The number of benzene rings is 1. The molecular formula is C13H17N3. The highest BCUT2D eigenvalue weighted by Crippen LogP contribution is 2.30. The number of hydrogen-bond donors (Lipinski definition) is 3. The topological polar surface area (TPSA) is 53.8 Å². The number of aromatic amines is 1. The minimum Gasteiger partial charge on any atom is -0.397 e. The van der Waals surface area contributed by atoms with Gasteiger partial charge in [-0.05, 0) is 55.6 Å². The third-order valence-corrected chi connectivity index (χ3v) is 3.52. The fourth-order valence-electron chi connectivity index (χ4n) is 2.62. The predicted octanol–water partition coefficient (Wildman–Crippen LogP) is 2.22. The summed E-state index contributed by atoms with van der Waals surface area (Å²) in [5, 5.41) is 4.62. The summed E-state index contributed by atoms with van der Waals surface area (Å²) >= 11 is 0. The minimum atomic E-state index is 0.669. The molecule has 0 unspecified atom stereocenters. The van der Waals surface area contributed by atoms with Gasteiger partial charge in [0.2, 0.25) is 0 Å². The second-order valence-corrected chi connectivity index (χ2v) is 4.58. The molecule has 2 aromatic rings. The zero-order chi connectivity index (χ0) is 11.0. The number of piperidine rings is 1. The smallest absolute Gasteiger partial charge is 0.0687 e. The van der Waals surface area contributed by atoms with Crippen LogP contribution in [0.15, 0.2) is 24.4 Å². The van der Waals surface area contributed by atoms with Crippen LogP contribution in [0.3, 0.4) is 0 Å². The van der Waals surface area contributed by atoms with Gasteiger partial charge < -0.3 is 16.0 Å². The minimum absolute atomic E-state index is 0.669. The van der Waals surface area contributed by atoms with Gasteiger partial charge in [-0.3, -0.25) is 0 Å². The second kappa shape index (κ2) is 3.83. The molecule has 0 bridgehead atoms. The number of hydrogen-bond acceptors (Lipinski definition) is 2. The average molecular weight is 215 g/mol. The molecule has 4 N–H and O–H groups in total. The van der Waals surface area contributed by atoms with E-state index < -0.39 is 0 Å². The van der Waals surface area contributed by atoms with Gasteiger partial charge in [-0.1, -0.05) is 0 Å². The van der Waals surface area contributed by atoms with Gasteiger partial charge >= 0.3 is 0 Å². The SMILES string of the molecule is Nc1cc(C2CCNCC2)cc2cc[nH]c12. The highest BCUT2D eigenvalue weighted by molar-refractivity contribution is 5.90. The van der Waals surface area contributed by atoms with Crippen molar-refractivity contribution in [3.63, 3.8) is 0 Å². The lowest BCUT2D eigenvalue weighted by Crippen LogP contribution is -2.26. The molecule has 1 aliphatic rings. The van der Waals surface area contributed by atoms with Crippen LogP contribution in [0.4, 0.5) is 5.69 Å². The fraction of sp³-hybridized carbons (Fsp3) is 0.385. The first kappa shape index (κ1) is 9.73. The molecule has 16 heavy (non-hydrogen) atoms. The quantitative estimate of drug-likeness (QED) is 0.639. The van der Waals surface area contributed by atoms with Crippen molar-refractivity contribution < 1.29 is 0 Å². The number of rotatable bonds is 1. The Labute approximate surface area is 95.0 Å². The van der Waals surface area contributed by atoms with E-state index in [-0.39, 0.29) is 0 Å². The number of nitrogen functional groups attached to an aromatic ring is 1. The maximum absolute atomic E-state index is 6.06. The first-order chi connectivity index (χ1) is 7.84. The Hall–Kier alpha value is -1.48. The van der Waals surface area contributed by atoms with E-state index >= 15 is 0 Å². The first-order valence-electron chi connectivity index (χ1n) is 5.92. The largest absolute Gasteiger partial charge is 0.397 e. The molecule has 2 heterocycles. The van der Waals surface area contributed by atoms with Crippen LogP contribution in [0, 0.1) is 0 Å². The van der Waals surface area contributed by atoms with Crippen LogP contribution in [0.25, 0.3) is 10.9 Å². The summed E-state index contributed by atoms with van der Waals surface area (Å²) in [5.41, 5.74) is 9.39. The molecule has 0 amide bonds. The van der Waals surface area contributed by atoms with Crippen LogP contribution >= 0.6 is 0 Å². The second-order valence-electron chi connectivity index (χ2n) is 4.58. The fourth-order valence-corrected chi connectivity index (χ4v) is 2.62. The Bertz CT molecular complexity index is 495. The molecular weight excluding hydrogens is 198 g/mol. The zero-order valence-electron chi connectivity index (χ0n) is 9.29. The highest BCUT2D eigenvalue weighted by atomic mass is 14.9. The van der Waals surface area contributed by atoms with Crippen LogP contribution in [0.5, 0.6) is 0 Å². The maximum atomic E-state index is 6.06. The number of H-pyrrole nitrogens is 1. The third kappa shape index (κ3) is 1.57. The molecule has 0 aliphatic carbocycles. The normalized spacial score (nSPS) is 18.0. The van der Waals surface area contributed by atoms with Gasteiger partial charge in [0.25, 0.3) is 0 Å². The number of nitrogens with two attached hydrogens (primary N) is 1. The summed E-state index contributed by atoms with van der Waals surface area (Å²) in [7, 11) is 0. The van der Waals surface area contributed by atoms with E-state index in [0.29, 0.717) is 5.92 Å². The molecule has 3 nitrogen and oxygen atoms in total. The van der Waals surface area contributed by atoms with E-state index in [1.165, 1.54) is 23.8 Å². The summed E-state index contributed by atoms with van der Waals surface area (Å²) in [6, 6.07) is 6.50. The lowest BCUT2D eigenvalue weighted by atomic mass is 9.89. The molecule has 3 heteroatoms. The van der Waals surface area contributed by atoms with Crippen molar-refractivity contribution in [2.45, 2.75) is 18.8 Å². The number of fused-ring (bicyclic) bond motifs is 1. The van der Waals surface area contributed by atoms with Crippen molar-refractivity contribution >= 4 is 16.6 Å². The molecule has 0 atom stereocenters. The highest BCUT2D eigenvalue weighted by Gasteiger charge is 2.16. The van der Waals surface area contributed by atoms with Crippen LogP contribution in [-0.2, 0) is 0 Å². The van der Waals surface area contributed by atoms with Crippen molar-refractivity contribution in [1.29, 1.82) is 0 Å². The molecule has 0 saturated carbocycles. The van der Waals surface area contributed by atoms with Gasteiger partial charge in [-0.25, -0.2) is 0 Å². The van der Waals surface area contributed by atoms with Crippen molar-refractivity contribution in [3.05, 3.63) is 30.0 Å². The van der Waals surface area contributed by atoms with Crippen LogP contribution in [0.1, 0.15) is 24.3 Å². The summed E-state index contributed by atoms with van der Waals surface area (Å²) in [6.45, 7) is 2.24. The van der Waals surface area contributed by atoms with E-state index in [0.717, 1.165) is 24.3 Å². The Morgan fingerprint density at radius 1 is 1.19 bits per heavy atom. The van der Waals surface area contributed by atoms with E-state index in [1.807, 2.05) is 6.20 Å². The molecule has 1 aromatic heterocycles. The van der Waals surface area contributed by atoms with E-state index in [2.05, 4.69) is 28.5 Å². The van der Waals surface area contributed by atoms with E-state index in [1.54, 1.807) is 0 Å². The first-order valence-corrected chi connectivity index (χ1v) is 5.92. The maximum Gasteiger partial charge on any atom is 0.0687 e. The summed E-state index contributed by atoms with van der Waals surface area (Å²) in [5.74, 6) is 0.669. The lowest BCUT2D eigenvalue weighted by Gasteiger charge is -2.23. The molecule has 1 saturated heterocycles. The Morgan fingerprint density at radius 3 is 2.81 bits per heavy atom. The molecule has 84 valence electrons. The number of aromatic nitrogens is 1. The Kier molecular flexibility index (Phi) is 2.33. The molecule has 0 spiro atoms. The van der Waals surface area contributed by atoms with Crippen LogP contribution in [-0.4, -0.2) is 18.1 Å². The van der Waals surface area contributed by atoms with Crippen molar-refractivity contribution in [2.24, 2.45) is 0 Å². The van der Waals surface area contributed by atoms with Crippen molar-refractivity contribution in [1.82, 2.24) is 10.3 Å². The zero-order valence-corrected chi connectivity index (χ0v) is 9.29. The predicted molar refractivity (Wildman–Crippen MR) is 67.6 cm³/mol. The molecule has 1 aromatic carbocycles. The van der Waals surface area contributed by atoms with Gasteiger partial charge in [-0.2, -0.15) is 0 Å². The third-order valence-electron chi connectivity index (χ3n) is 3.52. The van der Waals surface area contributed by atoms with Crippen molar-refractivity contribution in [2.75, 3.05) is 18.8 Å². The van der Waals surface area contributed by atoms with Crippen LogP contribution < -0.4 is 11.1 Å². The Balaban J connectivity index is 2.02. The van der Waals surface area contributed by atoms with E-state index in [4.69, 9.17) is 5.73 Å². The van der Waals surface area contributed by atoms with Crippen LogP contribution in [0.2, 0.25) is 0 Å². The summed E-state index contributed by atoms with van der Waals surface area (Å²) in [6.07, 6.45) is 4.39. The lowest BCUT2D eigenvalue weighted by molar-refractivity contribution is 0.461. The monoisotopic (exact) mass is 215 g/mol.